The number of hydrogen-bond acceptors (Lipinski definition) is 3. The predicted molar refractivity (Wildman–Crippen MR) is 84.8 cm³/mol. The van der Waals surface area contributed by atoms with E-state index in [1.54, 1.807) is 6.07 Å². The first-order chi connectivity index (χ1) is 10.5. The van der Waals surface area contributed by atoms with Crippen LogP contribution in [0.5, 0.6) is 0 Å². The van der Waals surface area contributed by atoms with Crippen molar-refractivity contribution in [2.75, 3.05) is 0 Å². The first-order valence-corrected chi connectivity index (χ1v) is 8.05. The van der Waals surface area contributed by atoms with Crippen LogP contribution in [0, 0.1) is 5.92 Å². The highest BCUT2D eigenvalue weighted by Crippen LogP contribution is 2.26. The number of halogens is 1. The third kappa shape index (κ3) is 3.16. The molecule has 1 fully saturated rings. The second-order valence-corrected chi connectivity index (χ2v) is 6.57. The standard InChI is InChI=1S/C16H16BrNO4/c17-11-3-6-13-10(7-11)8-14(22-13)15(19)18-12-4-1-9(2-5-12)16(20)21/h3,6-9,12H,1-2,4-5H2,(H,18,19)(H,20,21). The SMILES string of the molecule is O=C(NC1CCC(C(=O)O)CC1)c1cc2cc(Br)ccc2o1. The Balaban J connectivity index is 1.65. The van der Waals surface area contributed by atoms with Crippen LogP contribution < -0.4 is 5.32 Å². The highest BCUT2D eigenvalue weighted by atomic mass is 79.9. The number of fused-ring (bicyclic) bond motifs is 1. The van der Waals surface area contributed by atoms with Gasteiger partial charge in [-0.05, 0) is 49.9 Å². The largest absolute Gasteiger partial charge is 0.481 e. The Labute approximate surface area is 135 Å². The fourth-order valence-electron chi connectivity index (χ4n) is 2.87. The van der Waals surface area contributed by atoms with Crippen molar-refractivity contribution in [3.63, 3.8) is 0 Å². The van der Waals surface area contributed by atoms with Crippen LogP contribution in [0.1, 0.15) is 36.2 Å². The molecule has 0 radical (unpaired) electrons. The molecule has 1 aliphatic rings. The quantitative estimate of drug-likeness (QED) is 0.871. The minimum absolute atomic E-state index is 0.0167. The van der Waals surface area contributed by atoms with Crippen LogP contribution >= 0.6 is 15.9 Å². The smallest absolute Gasteiger partial charge is 0.306 e. The summed E-state index contributed by atoms with van der Waals surface area (Å²) < 4.78 is 6.49. The second kappa shape index (κ2) is 6.12. The van der Waals surface area contributed by atoms with Crippen LogP contribution in [-0.4, -0.2) is 23.0 Å². The number of amides is 1. The van der Waals surface area contributed by atoms with E-state index in [1.807, 2.05) is 18.2 Å². The minimum atomic E-state index is -0.743. The Morgan fingerprint density at radius 1 is 1.18 bits per heavy atom. The van der Waals surface area contributed by atoms with Crippen molar-refractivity contribution in [3.8, 4) is 0 Å². The first-order valence-electron chi connectivity index (χ1n) is 7.25. The van der Waals surface area contributed by atoms with Crippen molar-refractivity contribution in [2.45, 2.75) is 31.7 Å². The van der Waals surface area contributed by atoms with E-state index in [0.29, 0.717) is 31.3 Å². The van der Waals surface area contributed by atoms with Gasteiger partial charge in [-0.25, -0.2) is 0 Å². The molecule has 0 atom stereocenters. The zero-order chi connectivity index (χ0) is 15.7. The predicted octanol–water partition coefficient (Wildman–Crippen LogP) is 3.57. The number of carbonyl (C=O) groups is 2. The molecule has 6 heteroatoms. The van der Waals surface area contributed by atoms with Crippen LogP contribution in [0.3, 0.4) is 0 Å². The number of aliphatic carboxylic acids is 1. The number of carboxylic acid groups (broad SMARTS) is 1. The molecule has 2 N–H and O–H groups in total. The normalized spacial score (nSPS) is 21.7. The molecule has 5 nitrogen and oxygen atoms in total. The molecule has 1 heterocycles. The van der Waals surface area contributed by atoms with Gasteiger partial charge in [0, 0.05) is 15.9 Å². The molecule has 3 rings (SSSR count). The maximum Gasteiger partial charge on any atom is 0.306 e. The summed E-state index contributed by atoms with van der Waals surface area (Å²) in [4.78, 5) is 23.2. The van der Waals surface area contributed by atoms with Gasteiger partial charge < -0.3 is 14.8 Å². The van der Waals surface area contributed by atoms with Gasteiger partial charge in [0.1, 0.15) is 5.58 Å². The molecular weight excluding hydrogens is 350 g/mol. The zero-order valence-electron chi connectivity index (χ0n) is 11.8. The molecule has 116 valence electrons. The number of furan rings is 1. The van der Waals surface area contributed by atoms with Crippen LogP contribution in [-0.2, 0) is 4.79 Å². The van der Waals surface area contributed by atoms with Gasteiger partial charge in [0.05, 0.1) is 5.92 Å². The summed E-state index contributed by atoms with van der Waals surface area (Å²) in [5.41, 5.74) is 0.669. The summed E-state index contributed by atoms with van der Waals surface area (Å²) in [5, 5.41) is 12.8. The van der Waals surface area contributed by atoms with Gasteiger partial charge in [0.15, 0.2) is 5.76 Å². The van der Waals surface area contributed by atoms with E-state index < -0.39 is 5.97 Å². The lowest BCUT2D eigenvalue weighted by Crippen LogP contribution is -2.38. The Bertz CT molecular complexity index is 716. The Morgan fingerprint density at radius 2 is 1.91 bits per heavy atom. The molecule has 1 aromatic carbocycles. The van der Waals surface area contributed by atoms with Crippen molar-refractivity contribution in [1.82, 2.24) is 5.32 Å². The number of hydrogen-bond donors (Lipinski definition) is 2. The summed E-state index contributed by atoms with van der Waals surface area (Å²) in [5.74, 6) is -0.983. The van der Waals surface area contributed by atoms with Crippen LogP contribution in [0.4, 0.5) is 0 Å². The molecule has 1 saturated carbocycles. The number of rotatable bonds is 3. The number of nitrogens with one attached hydrogen (secondary N) is 1. The van der Waals surface area contributed by atoms with Crippen LogP contribution in [0.15, 0.2) is 33.2 Å². The third-order valence-corrected chi connectivity index (χ3v) is 4.61. The van der Waals surface area contributed by atoms with Crippen molar-refractivity contribution in [3.05, 3.63) is 34.5 Å². The number of carbonyl (C=O) groups excluding carboxylic acids is 1. The second-order valence-electron chi connectivity index (χ2n) is 5.65. The summed E-state index contributed by atoms with van der Waals surface area (Å²) in [6.45, 7) is 0. The summed E-state index contributed by atoms with van der Waals surface area (Å²) in [6.07, 6.45) is 2.59. The molecular formula is C16H16BrNO4. The van der Waals surface area contributed by atoms with Gasteiger partial charge in [0.2, 0.25) is 0 Å². The highest BCUT2D eigenvalue weighted by molar-refractivity contribution is 9.10. The molecule has 1 amide bonds. The fraction of sp³-hybridized carbons (Fsp3) is 0.375. The van der Waals surface area contributed by atoms with E-state index in [0.717, 1.165) is 9.86 Å². The fourth-order valence-corrected chi connectivity index (χ4v) is 3.25. The van der Waals surface area contributed by atoms with Crippen LogP contribution in [0.25, 0.3) is 11.0 Å². The van der Waals surface area contributed by atoms with Crippen molar-refractivity contribution >= 4 is 38.8 Å². The van der Waals surface area contributed by atoms with Gasteiger partial charge in [0.25, 0.3) is 5.91 Å². The molecule has 22 heavy (non-hydrogen) atoms. The van der Waals surface area contributed by atoms with Gasteiger partial charge in [-0.1, -0.05) is 15.9 Å². The minimum Gasteiger partial charge on any atom is -0.481 e. The molecule has 2 aromatic rings. The molecule has 0 bridgehead atoms. The summed E-state index contributed by atoms with van der Waals surface area (Å²) in [6, 6.07) is 7.31. The van der Waals surface area contributed by atoms with Crippen LogP contribution in [0.2, 0.25) is 0 Å². The van der Waals surface area contributed by atoms with E-state index >= 15 is 0 Å². The zero-order valence-corrected chi connectivity index (χ0v) is 13.4. The number of carboxylic acids is 1. The maximum atomic E-state index is 12.2. The van der Waals surface area contributed by atoms with E-state index in [-0.39, 0.29) is 23.6 Å². The average molecular weight is 366 g/mol. The third-order valence-electron chi connectivity index (χ3n) is 4.11. The molecule has 0 unspecified atom stereocenters. The lowest BCUT2D eigenvalue weighted by atomic mass is 9.86. The van der Waals surface area contributed by atoms with Gasteiger partial charge >= 0.3 is 5.97 Å². The van der Waals surface area contributed by atoms with E-state index in [1.165, 1.54) is 0 Å². The van der Waals surface area contributed by atoms with Gasteiger partial charge in [-0.2, -0.15) is 0 Å². The Kier molecular flexibility index (Phi) is 4.20. The molecule has 0 spiro atoms. The molecule has 0 saturated heterocycles. The van der Waals surface area contributed by atoms with E-state index in [2.05, 4.69) is 21.2 Å². The van der Waals surface area contributed by atoms with E-state index in [4.69, 9.17) is 9.52 Å². The molecule has 0 aliphatic heterocycles. The highest BCUT2D eigenvalue weighted by Gasteiger charge is 2.27. The van der Waals surface area contributed by atoms with Crippen molar-refractivity contribution in [1.29, 1.82) is 0 Å². The Morgan fingerprint density at radius 3 is 2.59 bits per heavy atom. The van der Waals surface area contributed by atoms with E-state index in [9.17, 15) is 9.59 Å². The van der Waals surface area contributed by atoms with Gasteiger partial charge in [-0.3, -0.25) is 9.59 Å². The maximum absolute atomic E-state index is 12.2. The summed E-state index contributed by atoms with van der Waals surface area (Å²) >= 11 is 3.39. The first kappa shape index (κ1) is 15.1. The van der Waals surface area contributed by atoms with Gasteiger partial charge in [-0.15, -0.1) is 0 Å². The summed E-state index contributed by atoms with van der Waals surface area (Å²) in [7, 11) is 0. The lowest BCUT2D eigenvalue weighted by molar-refractivity contribution is -0.142. The average Bonchev–Trinajstić information content (AvgIpc) is 2.91. The van der Waals surface area contributed by atoms with Crippen molar-refractivity contribution < 1.29 is 19.1 Å². The van der Waals surface area contributed by atoms with Crippen molar-refractivity contribution in [2.24, 2.45) is 5.92 Å². The lowest BCUT2D eigenvalue weighted by Gasteiger charge is -2.26. The monoisotopic (exact) mass is 365 g/mol. The Hall–Kier alpha value is -1.82. The molecule has 1 aliphatic carbocycles. The topological polar surface area (TPSA) is 79.5 Å². The molecule has 1 aromatic heterocycles. The number of benzene rings is 1.